The van der Waals surface area contributed by atoms with Crippen molar-refractivity contribution in [1.29, 1.82) is 0 Å². The first kappa shape index (κ1) is 16.9. The van der Waals surface area contributed by atoms with Gasteiger partial charge in [0.15, 0.2) is 5.82 Å². The van der Waals surface area contributed by atoms with Crippen molar-refractivity contribution >= 4 is 11.3 Å². The highest BCUT2D eigenvalue weighted by molar-refractivity contribution is 5.77. The molecule has 0 unspecified atom stereocenters. The summed E-state index contributed by atoms with van der Waals surface area (Å²) in [5.41, 5.74) is 4.13. The van der Waals surface area contributed by atoms with Gasteiger partial charge in [-0.3, -0.25) is 0 Å². The molecule has 0 atom stereocenters. The molecule has 2 aliphatic rings. The zero-order valence-corrected chi connectivity index (χ0v) is 17.1. The molecule has 0 aromatic carbocycles. The van der Waals surface area contributed by atoms with Gasteiger partial charge in [0.1, 0.15) is 0 Å². The maximum absolute atomic E-state index is 6.63. The topological polar surface area (TPSA) is 29.8 Å². The van der Waals surface area contributed by atoms with E-state index in [0.29, 0.717) is 0 Å². The maximum atomic E-state index is 6.63. The van der Waals surface area contributed by atoms with Crippen molar-refractivity contribution < 1.29 is 4.74 Å². The van der Waals surface area contributed by atoms with Gasteiger partial charge in [-0.25, -0.2) is 4.98 Å². The van der Waals surface area contributed by atoms with Crippen LogP contribution in [0.5, 0.6) is 0 Å². The Morgan fingerprint density at radius 3 is 2.08 bits per heavy atom. The average Bonchev–Trinajstić information content (AvgIpc) is 3.10. The van der Waals surface area contributed by atoms with Crippen LogP contribution in [-0.2, 0) is 11.2 Å². The lowest BCUT2D eigenvalue weighted by Crippen LogP contribution is -2.78. The summed E-state index contributed by atoms with van der Waals surface area (Å²) in [5, 5.41) is 0. The molecule has 1 aliphatic carbocycles. The number of anilines is 1. The Balaban J connectivity index is 2.02. The van der Waals surface area contributed by atoms with Crippen LogP contribution in [-0.4, -0.2) is 31.7 Å². The molecule has 1 fully saturated rings. The summed E-state index contributed by atoms with van der Waals surface area (Å²) in [6.45, 7) is 20.0. The van der Waals surface area contributed by atoms with Crippen LogP contribution < -0.4 is 4.90 Å². The van der Waals surface area contributed by atoms with Gasteiger partial charge in [0.05, 0.1) is 33.5 Å². The molecule has 0 N–H and O–H groups in total. The highest BCUT2D eigenvalue weighted by Crippen LogP contribution is 2.52. The highest BCUT2D eigenvalue weighted by Gasteiger charge is 2.61. The van der Waals surface area contributed by atoms with Gasteiger partial charge in [-0.2, -0.15) is 0 Å². The first-order valence-electron chi connectivity index (χ1n) is 9.30. The lowest BCUT2D eigenvalue weighted by molar-refractivity contribution is -0.214. The van der Waals surface area contributed by atoms with E-state index in [2.05, 4.69) is 83.9 Å². The minimum absolute atomic E-state index is 0.211. The molecule has 3 heterocycles. The Morgan fingerprint density at radius 2 is 1.52 bits per heavy atom. The van der Waals surface area contributed by atoms with Crippen molar-refractivity contribution in [3.8, 4) is 0 Å². The number of morpholine rings is 1. The van der Waals surface area contributed by atoms with Gasteiger partial charge in [-0.15, -0.1) is 0 Å². The third-order valence-corrected chi connectivity index (χ3v) is 7.08. The minimum atomic E-state index is -0.309. The van der Waals surface area contributed by atoms with Gasteiger partial charge >= 0.3 is 0 Å². The fourth-order valence-electron chi connectivity index (χ4n) is 4.47. The van der Waals surface area contributed by atoms with Crippen molar-refractivity contribution in [3.05, 3.63) is 29.2 Å². The molecule has 0 radical (unpaired) electrons. The molecule has 0 amide bonds. The maximum Gasteiger partial charge on any atom is 0.154 e. The van der Waals surface area contributed by atoms with Gasteiger partial charge in [-0.1, -0.05) is 0 Å². The van der Waals surface area contributed by atoms with Gasteiger partial charge in [0.2, 0.25) is 0 Å². The second-order valence-corrected chi connectivity index (χ2v) is 9.83. The normalized spacial score (nSPS) is 25.1. The van der Waals surface area contributed by atoms with Gasteiger partial charge in [0, 0.05) is 18.3 Å². The molecule has 1 saturated heterocycles. The van der Waals surface area contributed by atoms with E-state index >= 15 is 0 Å². The predicted molar refractivity (Wildman–Crippen MR) is 103 cm³/mol. The Kier molecular flexibility index (Phi) is 2.97. The molecule has 2 aromatic rings. The Bertz CT molecular complexity index is 860. The number of ether oxygens (including phenoxy) is 1. The minimum Gasteiger partial charge on any atom is -0.365 e. The zero-order valence-electron chi connectivity index (χ0n) is 17.1. The van der Waals surface area contributed by atoms with Crippen LogP contribution >= 0.6 is 0 Å². The number of aryl methyl sites for hydroxylation is 1. The smallest absolute Gasteiger partial charge is 0.154 e. The Morgan fingerprint density at radius 1 is 0.960 bits per heavy atom. The molecular formula is C21H31N3O. The van der Waals surface area contributed by atoms with Crippen LogP contribution in [0.15, 0.2) is 12.3 Å². The van der Waals surface area contributed by atoms with Crippen LogP contribution in [0.3, 0.4) is 0 Å². The van der Waals surface area contributed by atoms with Crippen molar-refractivity contribution in [3.63, 3.8) is 0 Å². The third-order valence-electron chi connectivity index (χ3n) is 7.08. The van der Waals surface area contributed by atoms with Crippen LogP contribution in [0, 0.1) is 6.92 Å². The summed E-state index contributed by atoms with van der Waals surface area (Å²) in [6, 6.07) is 2.32. The van der Waals surface area contributed by atoms with Crippen LogP contribution in [0.1, 0.15) is 72.3 Å². The van der Waals surface area contributed by atoms with E-state index in [9.17, 15) is 0 Å². The van der Waals surface area contributed by atoms with Gasteiger partial charge in [0.25, 0.3) is 0 Å². The summed E-state index contributed by atoms with van der Waals surface area (Å²) < 4.78 is 8.97. The quantitative estimate of drug-likeness (QED) is 0.653. The number of hydrogen-bond acceptors (Lipinski definition) is 3. The SMILES string of the molecule is Cc1cn2c3c(cc2c(N2C(C)(C)C(C)(C)OC(C)(C)C2(C)C)n1)C3. The van der Waals surface area contributed by atoms with E-state index in [1.807, 2.05) is 0 Å². The predicted octanol–water partition coefficient (Wildman–Crippen LogP) is 4.50. The van der Waals surface area contributed by atoms with Crippen LogP contribution in [0.4, 0.5) is 5.82 Å². The molecule has 0 saturated carbocycles. The zero-order chi connectivity index (χ0) is 18.6. The van der Waals surface area contributed by atoms with E-state index in [-0.39, 0.29) is 22.3 Å². The van der Waals surface area contributed by atoms with Crippen molar-refractivity contribution in [2.24, 2.45) is 0 Å². The summed E-state index contributed by atoms with van der Waals surface area (Å²) in [4.78, 5) is 7.56. The monoisotopic (exact) mass is 341 g/mol. The number of aromatic nitrogens is 2. The first-order chi connectivity index (χ1) is 11.3. The fraction of sp³-hybridized carbons (Fsp3) is 0.667. The second-order valence-electron chi connectivity index (χ2n) is 9.83. The van der Waals surface area contributed by atoms with Gasteiger partial charge in [-0.05, 0) is 73.9 Å². The average molecular weight is 341 g/mol. The van der Waals surface area contributed by atoms with E-state index in [0.717, 1.165) is 17.9 Å². The summed E-state index contributed by atoms with van der Waals surface area (Å²) in [7, 11) is 0. The summed E-state index contributed by atoms with van der Waals surface area (Å²) >= 11 is 0. The lowest BCUT2D eigenvalue weighted by Gasteiger charge is -2.66. The third kappa shape index (κ3) is 2.00. The van der Waals surface area contributed by atoms with Crippen LogP contribution in [0.2, 0.25) is 0 Å². The molecule has 136 valence electrons. The molecule has 1 aliphatic heterocycles. The number of hydrogen-bond donors (Lipinski definition) is 0. The van der Waals surface area contributed by atoms with Gasteiger partial charge < -0.3 is 14.0 Å². The summed E-state index contributed by atoms with van der Waals surface area (Å²) in [6.07, 6.45) is 3.29. The largest absolute Gasteiger partial charge is 0.365 e. The summed E-state index contributed by atoms with van der Waals surface area (Å²) in [5.74, 6) is 1.08. The molecule has 4 heteroatoms. The highest BCUT2D eigenvalue weighted by atomic mass is 16.5. The number of rotatable bonds is 1. The molecule has 25 heavy (non-hydrogen) atoms. The number of fused-ring (bicyclic) bond motifs is 3. The molecular weight excluding hydrogens is 310 g/mol. The lowest BCUT2D eigenvalue weighted by atomic mass is 9.71. The fourth-order valence-corrected chi connectivity index (χ4v) is 4.47. The number of nitrogens with zero attached hydrogens (tertiary/aromatic N) is 3. The molecule has 0 bridgehead atoms. The van der Waals surface area contributed by atoms with Crippen LogP contribution in [0.25, 0.3) is 5.52 Å². The Labute approximate surface area is 151 Å². The van der Waals surface area contributed by atoms with Crippen molar-refractivity contribution in [1.82, 2.24) is 9.38 Å². The molecule has 4 rings (SSSR count). The molecule has 0 spiro atoms. The van der Waals surface area contributed by atoms with Crippen molar-refractivity contribution in [2.75, 3.05) is 4.90 Å². The van der Waals surface area contributed by atoms with Crippen molar-refractivity contribution in [2.45, 2.75) is 91.0 Å². The first-order valence-corrected chi connectivity index (χ1v) is 9.30. The Hall–Kier alpha value is -1.55. The van der Waals surface area contributed by atoms with E-state index in [4.69, 9.17) is 9.72 Å². The molecule has 2 aromatic heterocycles. The second kappa shape index (κ2) is 4.40. The standard InChI is InChI=1S/C21H31N3O/c1-13-12-23-15-10-14(15)11-16(23)17(22-13)24-18(2,3)20(6,7)25-21(8,9)19(24,4)5/h11-12H,10H2,1-9H3. The van der Waals surface area contributed by atoms with E-state index < -0.39 is 0 Å². The van der Waals surface area contributed by atoms with E-state index in [1.54, 1.807) is 0 Å². The molecule has 4 nitrogen and oxygen atoms in total. The van der Waals surface area contributed by atoms with E-state index in [1.165, 1.54) is 16.8 Å².